The molecule has 120 valence electrons. The van der Waals surface area contributed by atoms with Crippen molar-refractivity contribution in [1.29, 1.82) is 0 Å². The summed E-state index contributed by atoms with van der Waals surface area (Å²) in [5, 5.41) is 17.6. The van der Waals surface area contributed by atoms with Gasteiger partial charge in [-0.05, 0) is 0 Å². The average molecular weight is 302 g/mol. The van der Waals surface area contributed by atoms with Crippen LogP contribution in [-0.4, -0.2) is 70.4 Å². The Hall–Kier alpha value is -1.77. The first kappa shape index (κ1) is 19.2. The summed E-state index contributed by atoms with van der Waals surface area (Å²) >= 11 is 0. The molecule has 2 atom stereocenters. The van der Waals surface area contributed by atoms with Crippen LogP contribution < -0.4 is 0 Å². The molecule has 0 aromatic heterocycles. The molecule has 0 spiro atoms. The minimum absolute atomic E-state index is 0. The fourth-order valence-electron chi connectivity index (χ4n) is 2.45. The number of aliphatic carboxylic acids is 2. The quantitative estimate of drug-likeness (QED) is 0.472. The van der Waals surface area contributed by atoms with Gasteiger partial charge in [0.25, 0.3) is 0 Å². The lowest BCUT2D eigenvalue weighted by Gasteiger charge is -2.38. The number of ether oxygens (including phenoxy) is 1. The van der Waals surface area contributed by atoms with Crippen LogP contribution >= 0.6 is 0 Å². The van der Waals surface area contributed by atoms with Gasteiger partial charge in [0.05, 0.1) is 25.9 Å². The summed E-state index contributed by atoms with van der Waals surface area (Å²) in [6, 6.07) is 0. The Morgan fingerprint density at radius 2 is 2.14 bits per heavy atom. The van der Waals surface area contributed by atoms with Gasteiger partial charge in [0.15, 0.2) is 12.8 Å². The van der Waals surface area contributed by atoms with Crippen molar-refractivity contribution >= 4 is 17.8 Å². The van der Waals surface area contributed by atoms with E-state index in [4.69, 9.17) is 14.9 Å². The molecular weight excluding hydrogens is 280 g/mol. The first-order valence-electron chi connectivity index (χ1n) is 6.49. The highest BCUT2D eigenvalue weighted by molar-refractivity contribution is 5.78. The van der Waals surface area contributed by atoms with Gasteiger partial charge < -0.3 is 20.4 Å². The minimum atomic E-state index is -1.05. The number of hydrogen-bond donors (Lipinski definition) is 2. The van der Waals surface area contributed by atoms with Crippen molar-refractivity contribution < 1.29 is 34.5 Å². The van der Waals surface area contributed by atoms with Gasteiger partial charge in [0, 0.05) is 6.92 Å². The topological polar surface area (TPSA) is 126 Å². The van der Waals surface area contributed by atoms with Crippen molar-refractivity contribution in [3.8, 4) is 0 Å². The van der Waals surface area contributed by atoms with Gasteiger partial charge in [-0.25, -0.2) is 9.79 Å². The molecule has 2 unspecified atom stereocenters. The maximum atomic E-state index is 10.8. The molecule has 3 N–H and O–H groups in total. The third-order valence-corrected chi connectivity index (χ3v) is 3.50. The Labute approximate surface area is 123 Å². The fraction of sp³-hybridized carbons (Fsp3) is 0.615. The largest absolute Gasteiger partial charge is 0.870 e. The molecule has 8 heteroatoms. The van der Waals surface area contributed by atoms with Crippen LogP contribution in [0.5, 0.6) is 0 Å². The number of nitrogens with zero attached hydrogens (tertiary/aromatic N) is 2. The molecule has 0 saturated heterocycles. The molecule has 0 radical (unpaired) electrons. The molecule has 0 aliphatic carbocycles. The van der Waals surface area contributed by atoms with Crippen LogP contribution in [-0.2, 0) is 14.3 Å². The Bertz CT molecular complexity index is 423. The van der Waals surface area contributed by atoms with E-state index in [-0.39, 0.29) is 16.4 Å². The molecule has 1 aliphatic heterocycles. The van der Waals surface area contributed by atoms with Crippen LogP contribution in [0.2, 0.25) is 0 Å². The predicted octanol–water partition coefficient (Wildman–Crippen LogP) is 0.537. The second-order valence-corrected chi connectivity index (χ2v) is 4.72. The molecule has 8 nitrogen and oxygen atoms in total. The Balaban J connectivity index is 0.00000400. The second kappa shape index (κ2) is 8.50. The third kappa shape index (κ3) is 4.92. The summed E-state index contributed by atoms with van der Waals surface area (Å²) in [4.78, 5) is 25.9. The van der Waals surface area contributed by atoms with Crippen LogP contribution in [0.25, 0.3) is 0 Å². The summed E-state index contributed by atoms with van der Waals surface area (Å²) in [6.07, 6.45) is 1.78. The zero-order valence-corrected chi connectivity index (χ0v) is 12.1. The predicted molar refractivity (Wildman–Crippen MR) is 74.3 cm³/mol. The van der Waals surface area contributed by atoms with E-state index < -0.39 is 24.8 Å². The number of carbonyl (C=O) groups is 2. The number of rotatable bonds is 9. The van der Waals surface area contributed by atoms with Crippen molar-refractivity contribution in [3.63, 3.8) is 0 Å². The van der Waals surface area contributed by atoms with Crippen LogP contribution in [0.15, 0.2) is 17.6 Å². The molecule has 0 amide bonds. The first-order valence-corrected chi connectivity index (χ1v) is 6.49. The van der Waals surface area contributed by atoms with E-state index in [2.05, 4.69) is 11.6 Å². The molecule has 1 rings (SSSR count). The summed E-state index contributed by atoms with van der Waals surface area (Å²) < 4.78 is 5.63. The van der Waals surface area contributed by atoms with E-state index in [1.165, 1.54) is 0 Å². The molecule has 0 saturated carbocycles. The normalized spacial score (nSPS) is 22.0. The molecule has 1 heterocycles. The lowest BCUT2D eigenvalue weighted by Crippen LogP contribution is -2.58. The Morgan fingerprint density at radius 3 is 2.67 bits per heavy atom. The highest BCUT2D eigenvalue weighted by Gasteiger charge is 2.43. The molecule has 1 aliphatic rings. The number of carboxylic acid groups (broad SMARTS) is 2. The molecule has 0 aromatic rings. The number of quaternary nitrogens is 1. The standard InChI is InChI=1S/C13H20N2O5.H2O/c1-3-4-11-14-6-8-15(11,7-5-12(16)17)10(2)20-9-13(18)19;/h3,10H,1,4-9H2,2H3,(H-,16,17,18,19);1H2. The van der Waals surface area contributed by atoms with E-state index in [0.717, 1.165) is 5.84 Å². The highest BCUT2D eigenvalue weighted by Crippen LogP contribution is 2.24. The maximum absolute atomic E-state index is 10.8. The smallest absolute Gasteiger partial charge is 0.329 e. The Kier molecular flexibility index (Phi) is 7.79. The van der Waals surface area contributed by atoms with E-state index >= 15 is 0 Å². The molecule has 0 fully saturated rings. The average Bonchev–Trinajstić information content (AvgIpc) is 2.78. The zero-order chi connectivity index (χ0) is 15.2. The lowest BCUT2D eigenvalue weighted by atomic mass is 10.2. The van der Waals surface area contributed by atoms with Crippen molar-refractivity contribution in [2.75, 3.05) is 26.2 Å². The van der Waals surface area contributed by atoms with Gasteiger partial charge in [0.2, 0.25) is 5.84 Å². The number of hydrogen-bond acceptors (Lipinski definition) is 5. The summed E-state index contributed by atoms with van der Waals surface area (Å²) in [5.74, 6) is -1.13. The van der Waals surface area contributed by atoms with Crippen molar-refractivity contribution in [2.45, 2.75) is 26.0 Å². The van der Waals surface area contributed by atoms with Crippen LogP contribution in [0.4, 0.5) is 0 Å². The van der Waals surface area contributed by atoms with Gasteiger partial charge >= 0.3 is 11.9 Å². The third-order valence-electron chi connectivity index (χ3n) is 3.50. The number of amidine groups is 1. The van der Waals surface area contributed by atoms with Gasteiger partial charge in [-0.1, -0.05) is 6.08 Å². The molecule has 21 heavy (non-hydrogen) atoms. The van der Waals surface area contributed by atoms with Crippen LogP contribution in [0.1, 0.15) is 19.8 Å². The van der Waals surface area contributed by atoms with Gasteiger partial charge in [0.1, 0.15) is 6.54 Å². The SMILES string of the molecule is C=CCC1=NCC[N+]1(CCC(=O)O)C(C)OCC(=O)O.[OH-]. The fourth-order valence-corrected chi connectivity index (χ4v) is 2.45. The molecule has 0 bridgehead atoms. The van der Waals surface area contributed by atoms with E-state index in [1.54, 1.807) is 13.0 Å². The second-order valence-electron chi connectivity index (χ2n) is 4.72. The number of carboxylic acids is 2. The van der Waals surface area contributed by atoms with E-state index in [9.17, 15) is 9.59 Å². The van der Waals surface area contributed by atoms with Crippen LogP contribution in [0, 0.1) is 0 Å². The molecule has 0 aromatic carbocycles. The highest BCUT2D eigenvalue weighted by atomic mass is 16.5. The minimum Gasteiger partial charge on any atom is -0.870 e. The maximum Gasteiger partial charge on any atom is 0.329 e. The summed E-state index contributed by atoms with van der Waals surface area (Å²) in [7, 11) is 0. The Morgan fingerprint density at radius 1 is 1.48 bits per heavy atom. The van der Waals surface area contributed by atoms with E-state index in [1.807, 2.05) is 0 Å². The van der Waals surface area contributed by atoms with Crippen molar-refractivity contribution in [3.05, 3.63) is 12.7 Å². The first-order chi connectivity index (χ1) is 9.42. The number of aliphatic imine (C=N–C) groups is 1. The summed E-state index contributed by atoms with van der Waals surface area (Å²) in [5.41, 5.74) is 0. The van der Waals surface area contributed by atoms with E-state index in [0.29, 0.717) is 26.1 Å². The van der Waals surface area contributed by atoms with Gasteiger partial charge in [-0.2, -0.15) is 0 Å². The summed E-state index contributed by atoms with van der Waals surface area (Å²) in [6.45, 7) is 6.57. The molecular formula is C13H22N2O6. The monoisotopic (exact) mass is 302 g/mol. The van der Waals surface area contributed by atoms with Gasteiger partial charge in [-0.15, -0.1) is 6.58 Å². The van der Waals surface area contributed by atoms with Gasteiger partial charge in [-0.3, -0.25) is 9.28 Å². The van der Waals surface area contributed by atoms with Crippen LogP contribution in [0.3, 0.4) is 0 Å². The lowest BCUT2D eigenvalue weighted by molar-refractivity contribution is -0.884. The van der Waals surface area contributed by atoms with Crippen molar-refractivity contribution in [2.24, 2.45) is 4.99 Å². The zero-order valence-electron chi connectivity index (χ0n) is 12.1. The van der Waals surface area contributed by atoms with Crippen molar-refractivity contribution in [1.82, 2.24) is 0 Å².